The number of fused-ring (bicyclic) bond motifs is 5. The predicted molar refractivity (Wildman–Crippen MR) is 100 cm³/mol. The smallest absolute Gasteiger partial charge is 0.257 e. The van der Waals surface area contributed by atoms with E-state index < -0.39 is 12.4 Å². The fourth-order valence-electron chi connectivity index (χ4n) is 3.98. The molecule has 0 radical (unpaired) electrons. The molecule has 5 rings (SSSR count). The van der Waals surface area contributed by atoms with Gasteiger partial charge in [-0.2, -0.15) is 0 Å². The van der Waals surface area contributed by atoms with Gasteiger partial charge in [-0.1, -0.05) is 18.2 Å². The normalized spacial score (nSPS) is 20.6. The summed E-state index contributed by atoms with van der Waals surface area (Å²) in [7, 11) is 0. The van der Waals surface area contributed by atoms with Gasteiger partial charge in [-0.25, -0.2) is 4.98 Å². The van der Waals surface area contributed by atoms with Gasteiger partial charge in [0, 0.05) is 16.5 Å². The molecule has 3 aromatic rings. The third kappa shape index (κ3) is 2.52. The van der Waals surface area contributed by atoms with Crippen molar-refractivity contribution in [1.29, 1.82) is 0 Å². The van der Waals surface area contributed by atoms with Crippen LogP contribution in [0.25, 0.3) is 22.3 Å². The standard InChI is InChI=1S/C21H20N2O4/c1-11(2)27-19-14-8-17-18-13(7-12-5-3-4-6-16(12)22-18)9-23(17)20(24)15(14)10-26-21(19)25/h3-8,11,19,21,25H,9-10H2,1-2H3/t19-,21?/m0/s1. The Morgan fingerprint density at radius 1 is 1.30 bits per heavy atom. The first kappa shape index (κ1) is 16.6. The second kappa shape index (κ2) is 5.99. The van der Waals surface area contributed by atoms with Crippen molar-refractivity contribution in [2.24, 2.45) is 0 Å². The lowest BCUT2D eigenvalue weighted by Gasteiger charge is -2.31. The zero-order chi connectivity index (χ0) is 18.7. The van der Waals surface area contributed by atoms with Gasteiger partial charge in [-0.15, -0.1) is 0 Å². The lowest BCUT2D eigenvalue weighted by atomic mass is 9.99. The lowest BCUT2D eigenvalue weighted by Crippen LogP contribution is -2.36. The summed E-state index contributed by atoms with van der Waals surface area (Å²) in [5.41, 5.74) is 4.65. The van der Waals surface area contributed by atoms with Crippen molar-refractivity contribution < 1.29 is 14.6 Å². The number of rotatable bonds is 2. The summed E-state index contributed by atoms with van der Waals surface area (Å²) in [5, 5.41) is 11.3. The highest BCUT2D eigenvalue weighted by Crippen LogP contribution is 2.37. The Hall–Kier alpha value is -2.54. The molecular formula is C21H20N2O4. The van der Waals surface area contributed by atoms with Gasteiger partial charge in [0.25, 0.3) is 5.56 Å². The van der Waals surface area contributed by atoms with E-state index in [1.807, 2.05) is 44.2 Å². The Kier molecular flexibility index (Phi) is 3.69. The molecule has 6 heteroatoms. The molecule has 27 heavy (non-hydrogen) atoms. The highest BCUT2D eigenvalue weighted by Gasteiger charge is 2.35. The van der Waals surface area contributed by atoms with Crippen LogP contribution >= 0.6 is 0 Å². The Morgan fingerprint density at radius 3 is 2.93 bits per heavy atom. The zero-order valence-electron chi connectivity index (χ0n) is 15.2. The molecule has 0 spiro atoms. The summed E-state index contributed by atoms with van der Waals surface area (Å²) in [6, 6.07) is 12.0. The van der Waals surface area contributed by atoms with Crippen LogP contribution in [0.5, 0.6) is 0 Å². The molecule has 2 aromatic heterocycles. The predicted octanol–water partition coefficient (Wildman–Crippen LogP) is 2.74. The third-order valence-electron chi connectivity index (χ3n) is 5.19. The van der Waals surface area contributed by atoms with Crippen LogP contribution in [0.1, 0.15) is 36.6 Å². The van der Waals surface area contributed by atoms with Crippen LogP contribution in [0.4, 0.5) is 0 Å². The van der Waals surface area contributed by atoms with Crippen LogP contribution < -0.4 is 5.56 Å². The van der Waals surface area contributed by atoms with E-state index in [0.29, 0.717) is 17.7 Å². The highest BCUT2D eigenvalue weighted by molar-refractivity contribution is 5.84. The minimum absolute atomic E-state index is 0.0827. The van der Waals surface area contributed by atoms with E-state index in [1.54, 1.807) is 4.57 Å². The van der Waals surface area contributed by atoms with Crippen molar-refractivity contribution in [3.05, 3.63) is 63.4 Å². The second-order valence-electron chi connectivity index (χ2n) is 7.35. The zero-order valence-corrected chi connectivity index (χ0v) is 15.2. The molecule has 138 valence electrons. The third-order valence-corrected chi connectivity index (χ3v) is 5.19. The molecule has 0 aliphatic carbocycles. The van der Waals surface area contributed by atoms with Crippen molar-refractivity contribution in [2.75, 3.05) is 0 Å². The molecule has 2 aliphatic heterocycles. The molecule has 0 saturated carbocycles. The Balaban J connectivity index is 1.72. The van der Waals surface area contributed by atoms with Crippen LogP contribution in [0.15, 0.2) is 41.2 Å². The minimum atomic E-state index is -1.09. The van der Waals surface area contributed by atoms with Gasteiger partial charge in [0.15, 0.2) is 6.29 Å². The minimum Gasteiger partial charge on any atom is -0.366 e. The number of hydrogen-bond donors (Lipinski definition) is 1. The topological polar surface area (TPSA) is 73.6 Å². The number of ether oxygens (including phenoxy) is 2. The summed E-state index contributed by atoms with van der Waals surface area (Å²) < 4.78 is 13.0. The SMILES string of the molecule is CC(C)O[C@H]1c2cc3n(c(=O)c2COC1O)Cc1cc2ccccc2nc1-3. The van der Waals surface area contributed by atoms with Crippen LogP contribution in [0.3, 0.4) is 0 Å². The van der Waals surface area contributed by atoms with Crippen LogP contribution in [-0.4, -0.2) is 27.1 Å². The largest absolute Gasteiger partial charge is 0.366 e. The first-order valence-electron chi connectivity index (χ1n) is 9.13. The summed E-state index contributed by atoms with van der Waals surface area (Å²) in [6.45, 7) is 4.36. The number of benzene rings is 1. The number of nitrogens with zero attached hydrogens (tertiary/aromatic N) is 2. The maximum atomic E-state index is 13.1. The number of aromatic nitrogens is 2. The van der Waals surface area contributed by atoms with E-state index in [1.165, 1.54) is 0 Å². The van der Waals surface area contributed by atoms with E-state index in [0.717, 1.165) is 27.9 Å². The number of aliphatic hydroxyl groups excluding tert-OH is 1. The molecule has 1 aromatic carbocycles. The average Bonchev–Trinajstić information content (AvgIpc) is 3.00. The van der Waals surface area contributed by atoms with Crippen LogP contribution in [-0.2, 0) is 22.6 Å². The van der Waals surface area contributed by atoms with E-state index in [4.69, 9.17) is 14.5 Å². The quantitative estimate of drug-likeness (QED) is 0.592. The lowest BCUT2D eigenvalue weighted by molar-refractivity contribution is -0.207. The summed E-state index contributed by atoms with van der Waals surface area (Å²) in [4.78, 5) is 17.9. The van der Waals surface area contributed by atoms with Gasteiger partial charge < -0.3 is 19.1 Å². The highest BCUT2D eigenvalue weighted by atomic mass is 16.6. The molecule has 2 atom stereocenters. The Bertz CT molecular complexity index is 1120. The maximum absolute atomic E-state index is 13.1. The van der Waals surface area contributed by atoms with E-state index >= 15 is 0 Å². The van der Waals surface area contributed by atoms with Gasteiger partial charge in [0.2, 0.25) is 0 Å². The maximum Gasteiger partial charge on any atom is 0.257 e. The van der Waals surface area contributed by atoms with Crippen molar-refractivity contribution in [3.8, 4) is 11.4 Å². The fourth-order valence-corrected chi connectivity index (χ4v) is 3.98. The van der Waals surface area contributed by atoms with E-state index in [9.17, 15) is 9.90 Å². The summed E-state index contributed by atoms with van der Waals surface area (Å²) in [6.07, 6.45) is -1.88. The van der Waals surface area contributed by atoms with E-state index in [-0.39, 0.29) is 18.3 Å². The Morgan fingerprint density at radius 2 is 2.11 bits per heavy atom. The van der Waals surface area contributed by atoms with Gasteiger partial charge in [0.05, 0.1) is 36.2 Å². The van der Waals surface area contributed by atoms with Crippen molar-refractivity contribution in [3.63, 3.8) is 0 Å². The molecule has 0 amide bonds. The monoisotopic (exact) mass is 364 g/mol. The summed E-state index contributed by atoms with van der Waals surface area (Å²) >= 11 is 0. The molecular weight excluding hydrogens is 344 g/mol. The van der Waals surface area contributed by atoms with Crippen molar-refractivity contribution in [1.82, 2.24) is 9.55 Å². The van der Waals surface area contributed by atoms with Crippen LogP contribution in [0.2, 0.25) is 0 Å². The van der Waals surface area contributed by atoms with Crippen LogP contribution in [0, 0.1) is 0 Å². The number of hydrogen-bond acceptors (Lipinski definition) is 5. The number of para-hydroxylation sites is 1. The van der Waals surface area contributed by atoms with Crippen molar-refractivity contribution >= 4 is 10.9 Å². The summed E-state index contributed by atoms with van der Waals surface area (Å²) in [5.74, 6) is 0. The first-order valence-corrected chi connectivity index (χ1v) is 9.13. The fraction of sp³-hybridized carbons (Fsp3) is 0.333. The molecule has 1 unspecified atom stereocenters. The van der Waals surface area contributed by atoms with Crippen molar-refractivity contribution in [2.45, 2.75) is 45.5 Å². The van der Waals surface area contributed by atoms with Gasteiger partial charge in [0.1, 0.15) is 6.10 Å². The average molecular weight is 364 g/mol. The number of aliphatic hydroxyl groups is 1. The first-order chi connectivity index (χ1) is 13.0. The molecule has 0 saturated heterocycles. The van der Waals surface area contributed by atoms with Gasteiger partial charge in [-0.05, 0) is 37.6 Å². The molecule has 2 aliphatic rings. The Labute approximate surface area is 156 Å². The van der Waals surface area contributed by atoms with Gasteiger partial charge >= 0.3 is 0 Å². The molecule has 0 bridgehead atoms. The van der Waals surface area contributed by atoms with E-state index in [2.05, 4.69) is 6.07 Å². The second-order valence-corrected chi connectivity index (χ2v) is 7.35. The molecule has 1 N–H and O–H groups in total. The molecule has 0 fully saturated rings. The molecule has 4 heterocycles. The molecule has 6 nitrogen and oxygen atoms in total. The number of pyridine rings is 2. The van der Waals surface area contributed by atoms with Gasteiger partial charge in [-0.3, -0.25) is 4.79 Å².